The Morgan fingerprint density at radius 1 is 1.17 bits per heavy atom. The fourth-order valence-electron chi connectivity index (χ4n) is 2.36. The van der Waals surface area contributed by atoms with Gasteiger partial charge in [-0.2, -0.15) is 0 Å². The van der Waals surface area contributed by atoms with Gasteiger partial charge in [-0.25, -0.2) is 9.80 Å². The van der Waals surface area contributed by atoms with E-state index >= 15 is 0 Å². The highest BCUT2D eigenvalue weighted by atomic mass is 16.5. The summed E-state index contributed by atoms with van der Waals surface area (Å²) in [6.45, 7) is 4.50. The molecule has 0 bridgehead atoms. The number of rotatable bonds is 9. The van der Waals surface area contributed by atoms with Gasteiger partial charge >= 0.3 is 6.09 Å². The van der Waals surface area contributed by atoms with E-state index in [1.165, 1.54) is 12.7 Å². The number of hydrazine groups is 1. The van der Waals surface area contributed by atoms with Gasteiger partial charge in [-0.05, 0) is 30.7 Å². The van der Waals surface area contributed by atoms with E-state index in [-0.39, 0.29) is 11.8 Å². The van der Waals surface area contributed by atoms with Crippen LogP contribution < -0.4 is 10.7 Å². The number of alkyl carbamates (subject to hydrolysis) is 1. The van der Waals surface area contributed by atoms with Crippen molar-refractivity contribution < 1.29 is 14.3 Å². The molecule has 0 aliphatic carbocycles. The number of nitrogens with one attached hydrogen (secondary N) is 2. The van der Waals surface area contributed by atoms with Gasteiger partial charge in [-0.3, -0.25) is 10.2 Å². The monoisotopic (exact) mass is 335 g/mol. The normalized spacial score (nSPS) is 12.1. The zero-order valence-corrected chi connectivity index (χ0v) is 15.0. The van der Waals surface area contributed by atoms with Crippen LogP contribution in [0.25, 0.3) is 0 Å². The molecule has 1 rings (SSSR count). The van der Waals surface area contributed by atoms with Crippen LogP contribution in [0, 0.1) is 5.92 Å². The zero-order chi connectivity index (χ0) is 17.9. The molecule has 2 amide bonds. The maximum atomic E-state index is 12.3. The summed E-state index contributed by atoms with van der Waals surface area (Å²) in [5, 5.41) is 4.33. The van der Waals surface area contributed by atoms with Crippen molar-refractivity contribution in [1.29, 1.82) is 0 Å². The molecule has 0 saturated carbocycles. The number of ether oxygens (including phenoxy) is 1. The Balaban J connectivity index is 2.32. The number of benzene rings is 1. The average Bonchev–Trinajstić information content (AvgIpc) is 2.56. The highest BCUT2D eigenvalue weighted by Gasteiger charge is 2.25. The van der Waals surface area contributed by atoms with Gasteiger partial charge in [0.2, 0.25) is 0 Å². The van der Waals surface area contributed by atoms with E-state index in [9.17, 15) is 9.59 Å². The summed E-state index contributed by atoms with van der Waals surface area (Å²) in [5.41, 5.74) is 4.14. The lowest BCUT2D eigenvalue weighted by molar-refractivity contribution is -0.128. The first-order chi connectivity index (χ1) is 11.4. The summed E-state index contributed by atoms with van der Waals surface area (Å²) in [5.74, 6) is -0.267. The minimum atomic E-state index is -0.621. The van der Waals surface area contributed by atoms with E-state index in [0.717, 1.165) is 25.8 Å². The molecule has 0 radical (unpaired) electrons. The van der Waals surface area contributed by atoms with Gasteiger partial charge in [-0.15, -0.1) is 0 Å². The smallest absolute Gasteiger partial charge is 0.407 e. The summed E-state index contributed by atoms with van der Waals surface area (Å²) < 4.78 is 4.56. The number of hydrogen-bond acceptors (Lipinski definition) is 4. The number of carbonyl (C=O) groups excluding carboxylic acids is 2. The van der Waals surface area contributed by atoms with Gasteiger partial charge in [0.05, 0.1) is 7.11 Å². The molecule has 0 aromatic heterocycles. The second-order valence-corrected chi connectivity index (χ2v) is 6.20. The Morgan fingerprint density at radius 3 is 2.42 bits per heavy atom. The predicted octanol–water partition coefficient (Wildman–Crippen LogP) is 2.35. The molecule has 0 heterocycles. The highest BCUT2D eigenvalue weighted by molar-refractivity contribution is 5.85. The van der Waals surface area contributed by atoms with Gasteiger partial charge in [0.1, 0.15) is 6.04 Å². The molecule has 2 N–H and O–H groups in total. The van der Waals surface area contributed by atoms with Crippen LogP contribution >= 0.6 is 0 Å². The maximum absolute atomic E-state index is 12.3. The number of methoxy groups -OCH3 is 1. The SMILES string of the molecule is COC(=O)NC(C(=O)NN(C)CCCCc1ccccc1)C(C)C. The highest BCUT2D eigenvalue weighted by Crippen LogP contribution is 2.05. The Kier molecular flexibility index (Phi) is 8.86. The van der Waals surface area contributed by atoms with Crippen molar-refractivity contribution in [2.75, 3.05) is 20.7 Å². The molecule has 24 heavy (non-hydrogen) atoms. The Labute approximate surface area is 144 Å². The molecule has 0 fully saturated rings. The Morgan fingerprint density at radius 2 is 1.83 bits per heavy atom. The molecule has 0 saturated heterocycles. The molecule has 0 aliphatic rings. The first kappa shape index (κ1) is 20.0. The fraction of sp³-hybridized carbons (Fsp3) is 0.556. The van der Waals surface area contributed by atoms with Crippen molar-refractivity contribution in [3.63, 3.8) is 0 Å². The minimum absolute atomic E-state index is 0.0319. The molecule has 1 atom stereocenters. The molecule has 1 unspecified atom stereocenters. The van der Waals surface area contributed by atoms with E-state index in [2.05, 4.69) is 27.6 Å². The second kappa shape index (κ2) is 10.6. The number of unbranched alkanes of at least 4 members (excludes halogenated alkanes) is 1. The lowest BCUT2D eigenvalue weighted by atomic mass is 10.0. The molecule has 0 aliphatic heterocycles. The van der Waals surface area contributed by atoms with Gasteiger partial charge in [0.15, 0.2) is 0 Å². The first-order valence-corrected chi connectivity index (χ1v) is 8.34. The van der Waals surface area contributed by atoms with E-state index < -0.39 is 12.1 Å². The molecule has 1 aromatic carbocycles. The van der Waals surface area contributed by atoms with Gasteiger partial charge < -0.3 is 10.1 Å². The van der Waals surface area contributed by atoms with Gasteiger partial charge in [0, 0.05) is 13.6 Å². The number of nitrogens with zero attached hydrogens (tertiary/aromatic N) is 1. The van der Waals surface area contributed by atoms with Gasteiger partial charge in [-0.1, -0.05) is 44.2 Å². The summed E-state index contributed by atoms with van der Waals surface area (Å²) in [4.78, 5) is 23.6. The van der Waals surface area contributed by atoms with Crippen LogP contribution in [0.15, 0.2) is 30.3 Å². The lowest BCUT2D eigenvalue weighted by Gasteiger charge is -2.25. The molecule has 134 valence electrons. The predicted molar refractivity (Wildman–Crippen MR) is 94.3 cm³/mol. The van der Waals surface area contributed by atoms with E-state index in [0.29, 0.717) is 0 Å². The zero-order valence-electron chi connectivity index (χ0n) is 15.0. The van der Waals surface area contributed by atoms with Crippen LogP contribution in [0.4, 0.5) is 4.79 Å². The van der Waals surface area contributed by atoms with Crippen molar-refractivity contribution >= 4 is 12.0 Å². The van der Waals surface area contributed by atoms with Crippen LogP contribution in [-0.4, -0.2) is 43.8 Å². The van der Waals surface area contributed by atoms with Crippen molar-refractivity contribution in [1.82, 2.24) is 15.8 Å². The summed E-state index contributed by atoms with van der Waals surface area (Å²) >= 11 is 0. The number of amides is 2. The van der Waals surface area contributed by atoms with Crippen molar-refractivity contribution in [3.05, 3.63) is 35.9 Å². The van der Waals surface area contributed by atoms with Gasteiger partial charge in [0.25, 0.3) is 5.91 Å². The largest absolute Gasteiger partial charge is 0.453 e. The van der Waals surface area contributed by atoms with Crippen LogP contribution in [0.2, 0.25) is 0 Å². The lowest BCUT2D eigenvalue weighted by Crippen LogP contribution is -2.53. The third kappa shape index (κ3) is 7.46. The molecular weight excluding hydrogens is 306 g/mol. The fourth-order valence-corrected chi connectivity index (χ4v) is 2.36. The Bertz CT molecular complexity index is 505. The van der Waals surface area contributed by atoms with Crippen molar-refractivity contribution in [3.8, 4) is 0 Å². The van der Waals surface area contributed by atoms with E-state index in [4.69, 9.17) is 0 Å². The quantitative estimate of drug-likeness (QED) is 0.537. The maximum Gasteiger partial charge on any atom is 0.407 e. The number of carbonyl (C=O) groups is 2. The average molecular weight is 335 g/mol. The second-order valence-electron chi connectivity index (χ2n) is 6.20. The molecule has 1 aromatic rings. The van der Waals surface area contributed by atoms with Crippen LogP contribution in [-0.2, 0) is 16.0 Å². The molecule has 6 nitrogen and oxygen atoms in total. The van der Waals surface area contributed by atoms with Crippen LogP contribution in [0.3, 0.4) is 0 Å². The number of hydrogen-bond donors (Lipinski definition) is 2. The molecule has 0 spiro atoms. The summed E-state index contributed by atoms with van der Waals surface area (Å²) in [7, 11) is 3.11. The summed E-state index contributed by atoms with van der Waals surface area (Å²) in [6, 6.07) is 9.72. The summed E-state index contributed by atoms with van der Waals surface area (Å²) in [6.07, 6.45) is 2.45. The van der Waals surface area contributed by atoms with Crippen LogP contribution in [0.1, 0.15) is 32.3 Å². The Hall–Kier alpha value is -2.08. The van der Waals surface area contributed by atoms with Crippen molar-refractivity contribution in [2.24, 2.45) is 5.92 Å². The third-order valence-corrected chi connectivity index (χ3v) is 3.76. The molecular formula is C18H29N3O3. The van der Waals surface area contributed by atoms with Crippen LogP contribution in [0.5, 0.6) is 0 Å². The van der Waals surface area contributed by atoms with E-state index in [1.54, 1.807) is 5.01 Å². The topological polar surface area (TPSA) is 70.7 Å². The first-order valence-electron chi connectivity index (χ1n) is 8.34. The van der Waals surface area contributed by atoms with Crippen molar-refractivity contribution in [2.45, 2.75) is 39.2 Å². The van der Waals surface area contributed by atoms with E-state index in [1.807, 2.05) is 39.1 Å². The minimum Gasteiger partial charge on any atom is -0.453 e. The third-order valence-electron chi connectivity index (χ3n) is 3.76. The molecule has 6 heteroatoms. The number of aryl methyl sites for hydroxylation is 1. The standard InChI is InChI=1S/C18H29N3O3/c1-14(2)16(19-18(23)24-4)17(22)20-21(3)13-9-8-12-15-10-6-5-7-11-15/h5-7,10-11,14,16H,8-9,12-13H2,1-4H3,(H,19,23)(H,20,22).